The largest absolute Gasteiger partial charge is 0.417 e. The minimum absolute atomic E-state index is 0.273. The van der Waals surface area contributed by atoms with E-state index < -0.39 is 31.6 Å². The van der Waals surface area contributed by atoms with Crippen molar-refractivity contribution in [1.82, 2.24) is 4.98 Å². The van der Waals surface area contributed by atoms with Gasteiger partial charge in [0.25, 0.3) is 0 Å². The zero-order valence-electron chi connectivity index (χ0n) is 8.05. The highest BCUT2D eigenvalue weighted by atomic mass is 35.5. The van der Waals surface area contributed by atoms with Gasteiger partial charge in [-0.3, -0.25) is 0 Å². The van der Waals surface area contributed by atoms with E-state index in [0.717, 1.165) is 0 Å². The van der Waals surface area contributed by atoms with Crippen molar-refractivity contribution < 1.29 is 21.6 Å². The van der Waals surface area contributed by atoms with E-state index in [9.17, 15) is 21.6 Å². The van der Waals surface area contributed by atoms with Gasteiger partial charge in [0.1, 0.15) is 0 Å². The molecule has 1 aromatic rings. The average Bonchev–Trinajstić information content (AvgIpc) is 2.16. The Morgan fingerprint density at radius 2 is 2.00 bits per heavy atom. The molecule has 0 aliphatic carbocycles. The fourth-order valence-electron chi connectivity index (χ4n) is 0.946. The predicted molar refractivity (Wildman–Crippen MR) is 52.0 cm³/mol. The van der Waals surface area contributed by atoms with E-state index in [1.807, 2.05) is 0 Å². The van der Waals surface area contributed by atoms with Gasteiger partial charge in [0.15, 0.2) is 14.9 Å². The fourth-order valence-corrected chi connectivity index (χ4v) is 2.31. The highest BCUT2D eigenvalue weighted by molar-refractivity contribution is 7.91. The van der Waals surface area contributed by atoms with Crippen molar-refractivity contribution in [3.8, 4) is 0 Å². The molecule has 0 aliphatic rings. The molecule has 3 nitrogen and oxygen atoms in total. The van der Waals surface area contributed by atoms with Gasteiger partial charge < -0.3 is 0 Å². The maximum absolute atomic E-state index is 12.2. The summed E-state index contributed by atoms with van der Waals surface area (Å²) >= 11 is 5.46. The molecule has 0 spiro atoms. The minimum Gasteiger partial charge on any atom is -0.243 e. The third-order valence-electron chi connectivity index (χ3n) is 1.81. The van der Waals surface area contributed by atoms with E-state index in [2.05, 4.69) is 4.98 Å². The van der Waals surface area contributed by atoms with Gasteiger partial charge in [0.05, 0.1) is 16.3 Å². The molecule has 0 fully saturated rings. The van der Waals surface area contributed by atoms with Crippen molar-refractivity contribution in [3.63, 3.8) is 0 Å². The number of sulfone groups is 1. The fraction of sp³-hybridized carbons (Fsp3) is 0.375. The van der Waals surface area contributed by atoms with Crippen LogP contribution in [0.15, 0.2) is 17.3 Å². The van der Waals surface area contributed by atoms with E-state index in [4.69, 9.17) is 11.6 Å². The van der Waals surface area contributed by atoms with Crippen LogP contribution in [0.4, 0.5) is 13.2 Å². The molecule has 16 heavy (non-hydrogen) atoms. The van der Waals surface area contributed by atoms with E-state index in [0.29, 0.717) is 12.3 Å². The first-order chi connectivity index (χ1) is 7.18. The zero-order chi connectivity index (χ0) is 12.6. The van der Waals surface area contributed by atoms with Crippen molar-refractivity contribution in [2.75, 3.05) is 5.75 Å². The lowest BCUT2D eigenvalue weighted by molar-refractivity contribution is -0.137. The molecule has 1 rings (SSSR count). The normalized spacial score (nSPS) is 12.8. The van der Waals surface area contributed by atoms with Crippen LogP contribution in [-0.4, -0.2) is 19.2 Å². The summed E-state index contributed by atoms with van der Waals surface area (Å²) in [6.07, 6.45) is -4.14. The highest BCUT2D eigenvalue weighted by Crippen LogP contribution is 2.32. The number of halogens is 4. The van der Waals surface area contributed by atoms with E-state index in [1.54, 1.807) is 0 Å². The molecule has 0 saturated carbocycles. The van der Waals surface area contributed by atoms with Gasteiger partial charge in [-0.25, -0.2) is 13.4 Å². The van der Waals surface area contributed by atoms with Gasteiger partial charge in [0, 0.05) is 6.20 Å². The van der Waals surface area contributed by atoms with Crippen molar-refractivity contribution >= 4 is 21.4 Å². The lowest BCUT2D eigenvalue weighted by Crippen LogP contribution is -2.10. The standard InChI is InChI=1S/C8H7ClF3NO2S/c1-2-16(14,15)7-6(9)3-5(4-13-7)8(10,11)12/h3-4H,2H2,1H3. The minimum atomic E-state index is -4.59. The lowest BCUT2D eigenvalue weighted by atomic mass is 10.3. The topological polar surface area (TPSA) is 47.0 Å². The molecule has 0 bridgehead atoms. The quantitative estimate of drug-likeness (QED) is 0.832. The van der Waals surface area contributed by atoms with E-state index >= 15 is 0 Å². The van der Waals surface area contributed by atoms with Gasteiger partial charge in [-0.1, -0.05) is 18.5 Å². The summed E-state index contributed by atoms with van der Waals surface area (Å²) in [6.45, 7) is 1.35. The summed E-state index contributed by atoms with van der Waals surface area (Å²) in [5.74, 6) is -0.273. The first kappa shape index (κ1) is 13.2. The molecule has 0 amide bonds. The summed E-state index contributed by atoms with van der Waals surface area (Å²) in [4.78, 5) is 3.25. The van der Waals surface area contributed by atoms with Gasteiger partial charge in [-0.05, 0) is 6.07 Å². The van der Waals surface area contributed by atoms with Crippen molar-refractivity contribution in [3.05, 3.63) is 22.8 Å². The van der Waals surface area contributed by atoms with Crippen LogP contribution in [0, 0.1) is 0 Å². The molecular formula is C8H7ClF3NO2S. The van der Waals surface area contributed by atoms with Crippen LogP contribution >= 0.6 is 11.6 Å². The molecule has 0 saturated heterocycles. The number of hydrogen-bond donors (Lipinski definition) is 0. The Hall–Kier alpha value is -0.820. The number of nitrogens with zero attached hydrogens (tertiary/aromatic N) is 1. The van der Waals surface area contributed by atoms with Crippen LogP contribution in [-0.2, 0) is 16.0 Å². The molecule has 0 aliphatic heterocycles. The molecule has 1 heterocycles. The maximum Gasteiger partial charge on any atom is 0.417 e. The SMILES string of the molecule is CCS(=O)(=O)c1ncc(C(F)(F)F)cc1Cl. The Balaban J connectivity index is 3.32. The first-order valence-corrected chi connectivity index (χ1v) is 6.17. The molecule has 90 valence electrons. The van der Waals surface area contributed by atoms with Crippen LogP contribution in [0.1, 0.15) is 12.5 Å². The van der Waals surface area contributed by atoms with Gasteiger partial charge in [-0.15, -0.1) is 0 Å². The van der Waals surface area contributed by atoms with Crippen LogP contribution in [0.3, 0.4) is 0 Å². The lowest BCUT2D eigenvalue weighted by Gasteiger charge is -2.08. The van der Waals surface area contributed by atoms with Gasteiger partial charge in [0.2, 0.25) is 0 Å². The molecule has 0 radical (unpaired) electrons. The molecule has 0 atom stereocenters. The Kier molecular flexibility index (Phi) is 3.49. The number of aromatic nitrogens is 1. The smallest absolute Gasteiger partial charge is 0.243 e. The van der Waals surface area contributed by atoms with Gasteiger partial charge >= 0.3 is 6.18 Å². The van der Waals surface area contributed by atoms with Crippen molar-refractivity contribution in [2.24, 2.45) is 0 Å². The molecule has 0 N–H and O–H groups in total. The molecule has 0 unspecified atom stereocenters. The molecule has 0 aromatic carbocycles. The summed E-state index contributed by atoms with van der Waals surface area (Å²) in [5.41, 5.74) is -1.08. The first-order valence-electron chi connectivity index (χ1n) is 4.14. The molecule has 8 heteroatoms. The van der Waals surface area contributed by atoms with E-state index in [-0.39, 0.29) is 5.75 Å². The molecular weight excluding hydrogens is 267 g/mol. The summed E-state index contributed by atoms with van der Waals surface area (Å²) < 4.78 is 59.4. The highest BCUT2D eigenvalue weighted by Gasteiger charge is 2.32. The van der Waals surface area contributed by atoms with Crippen LogP contribution in [0.2, 0.25) is 5.02 Å². The second-order valence-corrected chi connectivity index (χ2v) is 5.51. The molecule has 1 aromatic heterocycles. The number of rotatable bonds is 2. The Bertz CT molecular complexity index is 498. The zero-order valence-corrected chi connectivity index (χ0v) is 9.62. The second kappa shape index (κ2) is 4.21. The van der Waals surface area contributed by atoms with Crippen molar-refractivity contribution in [1.29, 1.82) is 0 Å². The predicted octanol–water partition coefficient (Wildman–Crippen LogP) is 2.55. The van der Waals surface area contributed by atoms with Crippen LogP contribution in [0.5, 0.6) is 0 Å². The monoisotopic (exact) mass is 273 g/mol. The number of alkyl halides is 3. The Morgan fingerprint density at radius 1 is 1.44 bits per heavy atom. The second-order valence-electron chi connectivity index (χ2n) is 2.91. The van der Waals surface area contributed by atoms with Gasteiger partial charge in [-0.2, -0.15) is 13.2 Å². The van der Waals surface area contributed by atoms with Crippen LogP contribution in [0.25, 0.3) is 0 Å². The summed E-state index contributed by atoms with van der Waals surface area (Å²) in [6, 6.07) is 0.553. The Labute approximate surface area is 95.2 Å². The number of pyridine rings is 1. The van der Waals surface area contributed by atoms with Crippen molar-refractivity contribution in [2.45, 2.75) is 18.1 Å². The van der Waals surface area contributed by atoms with Crippen LogP contribution < -0.4 is 0 Å². The Morgan fingerprint density at radius 3 is 2.38 bits per heavy atom. The third-order valence-corrected chi connectivity index (χ3v) is 3.88. The third kappa shape index (κ3) is 2.65. The maximum atomic E-state index is 12.2. The average molecular weight is 274 g/mol. The van der Waals surface area contributed by atoms with E-state index in [1.165, 1.54) is 6.92 Å². The summed E-state index contributed by atoms with van der Waals surface area (Å²) in [7, 11) is -3.70. The summed E-state index contributed by atoms with van der Waals surface area (Å²) in [5, 5.41) is -1.04. The number of hydrogen-bond acceptors (Lipinski definition) is 3.